The maximum absolute atomic E-state index is 13.6. The molecule has 2 atom stereocenters. The van der Waals surface area contributed by atoms with Crippen molar-refractivity contribution in [2.45, 2.75) is 37.1 Å². The minimum absolute atomic E-state index is 0.103. The molecule has 0 radical (unpaired) electrons. The summed E-state index contributed by atoms with van der Waals surface area (Å²) in [7, 11) is 3.35. The molecule has 2 aromatic carbocycles. The van der Waals surface area contributed by atoms with Gasteiger partial charge in [0.15, 0.2) is 0 Å². The van der Waals surface area contributed by atoms with Gasteiger partial charge in [-0.1, -0.05) is 48.1 Å². The first-order valence-corrected chi connectivity index (χ1v) is 11.5. The standard InChI is InChI=1S/C24H24N4O3S/c1-28-20(14-10-12-16(31-2)13-11-14)19(17-8-3-4-9-18(17)23(28)30)21(29)25-24-27-26-22(32-24)15-6-5-7-15/h3-4,8-13,15,19-20H,5-7H2,1-2H3,(H,25,27,29)/t19-,20-/m1/s1. The number of nitrogens with zero attached hydrogens (tertiary/aromatic N) is 3. The molecule has 32 heavy (non-hydrogen) atoms. The van der Waals surface area contributed by atoms with Crippen LogP contribution in [0, 0.1) is 0 Å². The summed E-state index contributed by atoms with van der Waals surface area (Å²) in [6.45, 7) is 0. The summed E-state index contributed by atoms with van der Waals surface area (Å²) in [6, 6.07) is 14.4. The summed E-state index contributed by atoms with van der Waals surface area (Å²) in [6.07, 6.45) is 3.48. The van der Waals surface area contributed by atoms with Crippen LogP contribution in [0.15, 0.2) is 48.5 Å². The molecule has 1 fully saturated rings. The average molecular weight is 449 g/mol. The third-order valence-electron chi connectivity index (χ3n) is 6.44. The largest absolute Gasteiger partial charge is 0.497 e. The van der Waals surface area contributed by atoms with Gasteiger partial charge in [-0.3, -0.25) is 14.9 Å². The van der Waals surface area contributed by atoms with Crippen molar-refractivity contribution in [3.63, 3.8) is 0 Å². The molecule has 1 aliphatic heterocycles. The highest BCUT2D eigenvalue weighted by Crippen LogP contribution is 2.43. The molecule has 0 unspecified atom stereocenters. The number of anilines is 1. The van der Waals surface area contributed by atoms with E-state index >= 15 is 0 Å². The van der Waals surface area contributed by atoms with Gasteiger partial charge in [0.05, 0.1) is 19.1 Å². The maximum atomic E-state index is 13.6. The molecule has 8 heteroatoms. The summed E-state index contributed by atoms with van der Waals surface area (Å²) in [5.74, 6) is 0.294. The lowest BCUT2D eigenvalue weighted by atomic mass is 9.79. The summed E-state index contributed by atoms with van der Waals surface area (Å²) in [5, 5.41) is 12.9. The fourth-order valence-corrected chi connectivity index (χ4v) is 5.38. The Morgan fingerprint density at radius 3 is 2.56 bits per heavy atom. The minimum atomic E-state index is -0.585. The normalized spacial score (nSPS) is 20.4. The van der Waals surface area contributed by atoms with Crippen LogP contribution in [0.5, 0.6) is 5.75 Å². The number of carbonyl (C=O) groups excluding carboxylic acids is 2. The predicted octanol–water partition coefficient (Wildman–Crippen LogP) is 4.36. The first-order valence-electron chi connectivity index (χ1n) is 10.7. The second kappa shape index (κ2) is 8.35. The topological polar surface area (TPSA) is 84.4 Å². The van der Waals surface area contributed by atoms with Crippen LogP contribution in [0.25, 0.3) is 0 Å². The van der Waals surface area contributed by atoms with Crippen LogP contribution in [0.1, 0.15) is 63.6 Å². The number of methoxy groups -OCH3 is 1. The lowest BCUT2D eigenvalue weighted by Gasteiger charge is -2.39. The third-order valence-corrected chi connectivity index (χ3v) is 7.45. The molecule has 0 spiro atoms. The summed E-state index contributed by atoms with van der Waals surface area (Å²) < 4.78 is 5.28. The monoisotopic (exact) mass is 448 g/mol. The number of fused-ring (bicyclic) bond motifs is 1. The first kappa shape index (κ1) is 20.6. The predicted molar refractivity (Wildman–Crippen MR) is 122 cm³/mol. The zero-order valence-electron chi connectivity index (χ0n) is 17.9. The zero-order valence-corrected chi connectivity index (χ0v) is 18.8. The van der Waals surface area contributed by atoms with Gasteiger partial charge in [-0.05, 0) is 42.2 Å². The molecule has 1 N–H and O–H groups in total. The van der Waals surface area contributed by atoms with Crippen molar-refractivity contribution >= 4 is 28.3 Å². The quantitative estimate of drug-likeness (QED) is 0.627. The molecule has 2 heterocycles. The Morgan fingerprint density at radius 2 is 1.88 bits per heavy atom. The van der Waals surface area contributed by atoms with Gasteiger partial charge < -0.3 is 9.64 Å². The van der Waals surface area contributed by atoms with Crippen molar-refractivity contribution in [1.29, 1.82) is 0 Å². The smallest absolute Gasteiger partial charge is 0.254 e. The van der Waals surface area contributed by atoms with E-state index in [4.69, 9.17) is 4.74 Å². The number of aromatic nitrogens is 2. The number of nitrogens with one attached hydrogen (secondary N) is 1. The SMILES string of the molecule is COc1ccc([C@@H]2[C@H](C(=O)Nc3nnc(C4CCC4)s3)c3ccccc3C(=O)N2C)cc1. The minimum Gasteiger partial charge on any atom is -0.497 e. The Bertz CT molecular complexity index is 1160. The summed E-state index contributed by atoms with van der Waals surface area (Å²) in [4.78, 5) is 28.4. The summed E-state index contributed by atoms with van der Waals surface area (Å²) in [5.41, 5.74) is 2.13. The van der Waals surface area contributed by atoms with Crippen molar-refractivity contribution in [2.75, 3.05) is 19.5 Å². The number of rotatable bonds is 5. The van der Waals surface area contributed by atoms with Crippen molar-refractivity contribution in [3.8, 4) is 5.75 Å². The highest BCUT2D eigenvalue weighted by molar-refractivity contribution is 7.15. The van der Waals surface area contributed by atoms with E-state index in [2.05, 4.69) is 15.5 Å². The van der Waals surface area contributed by atoms with Crippen molar-refractivity contribution < 1.29 is 14.3 Å². The van der Waals surface area contributed by atoms with Crippen LogP contribution in [-0.2, 0) is 4.79 Å². The molecule has 0 saturated heterocycles. The molecule has 2 amide bonds. The number of hydrogen-bond acceptors (Lipinski definition) is 6. The lowest BCUT2D eigenvalue weighted by molar-refractivity contribution is -0.119. The molecule has 164 valence electrons. The Kier molecular flexibility index (Phi) is 5.38. The van der Waals surface area contributed by atoms with E-state index in [1.807, 2.05) is 42.5 Å². The molecule has 0 bridgehead atoms. The molecular formula is C24H24N4O3S. The third kappa shape index (κ3) is 3.54. The van der Waals surface area contributed by atoms with Crippen LogP contribution in [0.4, 0.5) is 5.13 Å². The van der Waals surface area contributed by atoms with E-state index < -0.39 is 12.0 Å². The van der Waals surface area contributed by atoms with Crippen molar-refractivity contribution in [2.24, 2.45) is 0 Å². The number of amides is 2. The van der Waals surface area contributed by atoms with Gasteiger partial charge in [0.25, 0.3) is 5.91 Å². The number of hydrogen-bond donors (Lipinski definition) is 1. The molecule has 7 nitrogen and oxygen atoms in total. The molecule has 3 aromatic rings. The highest BCUT2D eigenvalue weighted by atomic mass is 32.1. The van der Waals surface area contributed by atoms with E-state index in [0.717, 1.165) is 34.7 Å². The molecular weight excluding hydrogens is 424 g/mol. The van der Waals surface area contributed by atoms with Gasteiger partial charge in [0.2, 0.25) is 11.0 Å². The van der Waals surface area contributed by atoms with Crippen LogP contribution in [0.2, 0.25) is 0 Å². The van der Waals surface area contributed by atoms with E-state index in [9.17, 15) is 9.59 Å². The Hall–Kier alpha value is -3.26. The van der Waals surface area contributed by atoms with E-state index in [-0.39, 0.29) is 11.8 Å². The van der Waals surface area contributed by atoms with Crippen LogP contribution < -0.4 is 10.1 Å². The van der Waals surface area contributed by atoms with Crippen LogP contribution in [-0.4, -0.2) is 41.1 Å². The lowest BCUT2D eigenvalue weighted by Crippen LogP contribution is -2.44. The van der Waals surface area contributed by atoms with Crippen molar-refractivity contribution in [1.82, 2.24) is 15.1 Å². The Balaban J connectivity index is 1.51. The average Bonchev–Trinajstić information content (AvgIpc) is 3.22. The fraction of sp³-hybridized carbons (Fsp3) is 0.333. The molecule has 1 saturated carbocycles. The number of carbonyl (C=O) groups is 2. The maximum Gasteiger partial charge on any atom is 0.254 e. The second-order valence-corrected chi connectivity index (χ2v) is 9.27. The van der Waals surface area contributed by atoms with E-state index in [1.54, 1.807) is 25.1 Å². The molecule has 2 aliphatic rings. The molecule has 1 aliphatic carbocycles. The van der Waals surface area contributed by atoms with Gasteiger partial charge in [-0.15, -0.1) is 10.2 Å². The van der Waals surface area contributed by atoms with Gasteiger partial charge in [0.1, 0.15) is 10.8 Å². The molecule has 5 rings (SSSR count). The number of ether oxygens (including phenoxy) is 1. The first-order chi connectivity index (χ1) is 15.6. The van der Waals surface area contributed by atoms with Gasteiger partial charge in [-0.2, -0.15) is 0 Å². The van der Waals surface area contributed by atoms with Gasteiger partial charge in [-0.25, -0.2) is 0 Å². The fourth-order valence-electron chi connectivity index (χ4n) is 4.46. The van der Waals surface area contributed by atoms with Gasteiger partial charge in [0, 0.05) is 18.5 Å². The Morgan fingerprint density at radius 1 is 1.12 bits per heavy atom. The van der Waals surface area contributed by atoms with Crippen molar-refractivity contribution in [3.05, 3.63) is 70.2 Å². The van der Waals surface area contributed by atoms with Crippen LogP contribution in [0.3, 0.4) is 0 Å². The number of likely N-dealkylation sites (N-methyl/N-ethyl adjacent to an activating group) is 1. The second-order valence-electron chi connectivity index (χ2n) is 8.26. The zero-order chi connectivity index (χ0) is 22.2. The van der Waals surface area contributed by atoms with E-state index in [1.165, 1.54) is 17.8 Å². The summed E-state index contributed by atoms with van der Waals surface area (Å²) >= 11 is 1.44. The Labute approximate surface area is 190 Å². The van der Waals surface area contributed by atoms with E-state index in [0.29, 0.717) is 16.6 Å². The molecule has 1 aromatic heterocycles. The van der Waals surface area contributed by atoms with Gasteiger partial charge >= 0.3 is 0 Å². The van der Waals surface area contributed by atoms with Crippen LogP contribution >= 0.6 is 11.3 Å². The number of benzene rings is 2. The highest BCUT2D eigenvalue weighted by Gasteiger charge is 2.42.